The summed E-state index contributed by atoms with van der Waals surface area (Å²) in [6, 6.07) is 0. The zero-order valence-corrected chi connectivity index (χ0v) is 8.63. The maximum absolute atomic E-state index is 5.27. The molecule has 0 unspecified atom stereocenters. The normalized spacial score (nSPS) is 30.7. The summed E-state index contributed by atoms with van der Waals surface area (Å²) in [6.07, 6.45) is 7.33. The van der Waals surface area contributed by atoms with E-state index in [4.69, 9.17) is 4.74 Å². The molecule has 0 radical (unpaired) electrons. The second-order valence-electron chi connectivity index (χ2n) is 4.71. The van der Waals surface area contributed by atoms with Crippen LogP contribution >= 0.6 is 0 Å². The van der Waals surface area contributed by atoms with Gasteiger partial charge in [-0.3, -0.25) is 0 Å². The van der Waals surface area contributed by atoms with E-state index in [0.717, 1.165) is 5.92 Å². The third kappa shape index (κ3) is 2.34. The Morgan fingerprint density at radius 2 is 1.83 bits per heavy atom. The summed E-state index contributed by atoms with van der Waals surface area (Å²) in [5, 5.41) is 0. The van der Waals surface area contributed by atoms with Crippen molar-refractivity contribution in [1.82, 2.24) is 0 Å². The van der Waals surface area contributed by atoms with Crippen LogP contribution in [0.5, 0.6) is 0 Å². The second-order valence-corrected chi connectivity index (χ2v) is 4.71. The largest absolute Gasteiger partial charge is 0.377 e. The van der Waals surface area contributed by atoms with Gasteiger partial charge in [0.15, 0.2) is 0 Å². The van der Waals surface area contributed by atoms with Crippen molar-refractivity contribution in [2.75, 3.05) is 7.11 Å². The predicted octanol–water partition coefficient (Wildman–Crippen LogP) is 3.01. The molecular formula is C11H20O. The first-order valence-electron chi connectivity index (χ1n) is 4.75. The van der Waals surface area contributed by atoms with Crippen LogP contribution in [0.1, 0.15) is 33.6 Å². The van der Waals surface area contributed by atoms with E-state index < -0.39 is 0 Å². The zero-order valence-electron chi connectivity index (χ0n) is 8.63. The standard InChI is InChI=1S/C11H20O/c1-11(2,3)9-5-7-10(12-4)8-6-9/h5,7,9-10H,6,8H2,1-4H3/t9-,10-/m0/s1. The summed E-state index contributed by atoms with van der Waals surface area (Å²) in [5.74, 6) is 0.726. The highest BCUT2D eigenvalue weighted by molar-refractivity contribution is 5.02. The molecule has 0 amide bonds. The van der Waals surface area contributed by atoms with Crippen LogP contribution in [0.4, 0.5) is 0 Å². The summed E-state index contributed by atoms with van der Waals surface area (Å²) < 4.78 is 5.27. The highest BCUT2D eigenvalue weighted by Gasteiger charge is 2.25. The van der Waals surface area contributed by atoms with Gasteiger partial charge in [0, 0.05) is 7.11 Å². The van der Waals surface area contributed by atoms with Crippen molar-refractivity contribution in [2.24, 2.45) is 11.3 Å². The fraction of sp³-hybridized carbons (Fsp3) is 0.818. The summed E-state index contributed by atoms with van der Waals surface area (Å²) in [4.78, 5) is 0. The Balaban J connectivity index is 2.54. The van der Waals surface area contributed by atoms with Gasteiger partial charge in [0.2, 0.25) is 0 Å². The fourth-order valence-electron chi connectivity index (χ4n) is 1.71. The molecule has 0 N–H and O–H groups in total. The monoisotopic (exact) mass is 168 g/mol. The summed E-state index contributed by atoms with van der Waals surface area (Å²) in [7, 11) is 1.78. The van der Waals surface area contributed by atoms with Crippen LogP contribution < -0.4 is 0 Å². The van der Waals surface area contributed by atoms with Crippen molar-refractivity contribution in [2.45, 2.75) is 39.7 Å². The molecule has 0 aromatic heterocycles. The Hall–Kier alpha value is -0.300. The molecule has 0 aliphatic heterocycles. The maximum atomic E-state index is 5.27. The molecule has 1 aliphatic rings. The highest BCUT2D eigenvalue weighted by atomic mass is 16.5. The van der Waals surface area contributed by atoms with Gasteiger partial charge in [-0.05, 0) is 24.2 Å². The van der Waals surface area contributed by atoms with Crippen LogP contribution in [0.2, 0.25) is 0 Å². The molecule has 2 atom stereocenters. The number of hydrogen-bond donors (Lipinski definition) is 0. The van der Waals surface area contributed by atoms with Crippen molar-refractivity contribution in [1.29, 1.82) is 0 Å². The fourth-order valence-corrected chi connectivity index (χ4v) is 1.71. The SMILES string of the molecule is CO[C@H]1C=C[C@H](C(C)(C)C)CC1. The van der Waals surface area contributed by atoms with E-state index in [2.05, 4.69) is 32.9 Å². The van der Waals surface area contributed by atoms with E-state index >= 15 is 0 Å². The number of hydrogen-bond acceptors (Lipinski definition) is 1. The van der Waals surface area contributed by atoms with Crippen molar-refractivity contribution in [3.8, 4) is 0 Å². The lowest BCUT2D eigenvalue weighted by Gasteiger charge is -2.32. The lowest BCUT2D eigenvalue weighted by atomic mass is 9.75. The number of methoxy groups -OCH3 is 1. The maximum Gasteiger partial charge on any atom is 0.0752 e. The molecule has 1 nitrogen and oxygen atoms in total. The van der Waals surface area contributed by atoms with E-state index in [1.54, 1.807) is 7.11 Å². The molecule has 1 rings (SSSR count). The minimum Gasteiger partial charge on any atom is -0.377 e. The lowest BCUT2D eigenvalue weighted by molar-refractivity contribution is 0.111. The summed E-state index contributed by atoms with van der Waals surface area (Å²) >= 11 is 0. The van der Waals surface area contributed by atoms with Crippen LogP contribution in [-0.4, -0.2) is 13.2 Å². The molecule has 0 heterocycles. The second kappa shape index (κ2) is 3.61. The predicted molar refractivity (Wildman–Crippen MR) is 52.1 cm³/mol. The van der Waals surface area contributed by atoms with Gasteiger partial charge < -0.3 is 4.74 Å². The van der Waals surface area contributed by atoms with Crippen LogP contribution in [-0.2, 0) is 4.74 Å². The molecule has 0 bridgehead atoms. The van der Waals surface area contributed by atoms with Crippen molar-refractivity contribution < 1.29 is 4.74 Å². The van der Waals surface area contributed by atoms with Gasteiger partial charge in [-0.1, -0.05) is 32.9 Å². The Bertz CT molecular complexity index is 164. The third-order valence-electron chi connectivity index (χ3n) is 2.74. The van der Waals surface area contributed by atoms with Gasteiger partial charge in [0.1, 0.15) is 0 Å². The Labute approximate surface area is 75.8 Å². The molecular weight excluding hydrogens is 148 g/mol. The molecule has 0 saturated heterocycles. The average Bonchev–Trinajstić information content (AvgIpc) is 2.03. The highest BCUT2D eigenvalue weighted by Crippen LogP contribution is 2.34. The topological polar surface area (TPSA) is 9.23 Å². The lowest BCUT2D eigenvalue weighted by Crippen LogP contribution is -2.24. The van der Waals surface area contributed by atoms with Gasteiger partial charge in [0.25, 0.3) is 0 Å². The molecule has 0 aromatic carbocycles. The molecule has 0 aromatic rings. The molecule has 0 saturated carbocycles. The molecule has 70 valence electrons. The van der Waals surface area contributed by atoms with Gasteiger partial charge in [-0.2, -0.15) is 0 Å². The Morgan fingerprint density at radius 3 is 2.17 bits per heavy atom. The third-order valence-corrected chi connectivity index (χ3v) is 2.74. The molecule has 0 spiro atoms. The first-order valence-corrected chi connectivity index (χ1v) is 4.75. The van der Waals surface area contributed by atoms with Crippen LogP contribution in [0.3, 0.4) is 0 Å². The summed E-state index contributed by atoms with van der Waals surface area (Å²) in [6.45, 7) is 6.90. The number of rotatable bonds is 1. The Kier molecular flexibility index (Phi) is 2.94. The van der Waals surface area contributed by atoms with Gasteiger partial charge in [-0.25, -0.2) is 0 Å². The smallest absolute Gasteiger partial charge is 0.0752 e. The quantitative estimate of drug-likeness (QED) is 0.547. The number of ether oxygens (including phenoxy) is 1. The molecule has 1 aliphatic carbocycles. The van der Waals surface area contributed by atoms with Gasteiger partial charge >= 0.3 is 0 Å². The summed E-state index contributed by atoms with van der Waals surface area (Å²) in [5.41, 5.74) is 0.412. The van der Waals surface area contributed by atoms with Gasteiger partial charge in [-0.15, -0.1) is 0 Å². The van der Waals surface area contributed by atoms with Crippen molar-refractivity contribution in [3.63, 3.8) is 0 Å². The van der Waals surface area contributed by atoms with Crippen LogP contribution in [0, 0.1) is 11.3 Å². The van der Waals surface area contributed by atoms with Crippen molar-refractivity contribution >= 4 is 0 Å². The number of allylic oxidation sites excluding steroid dienone is 1. The minimum atomic E-state index is 0.364. The van der Waals surface area contributed by atoms with Crippen LogP contribution in [0.25, 0.3) is 0 Å². The first-order chi connectivity index (χ1) is 5.54. The van der Waals surface area contributed by atoms with E-state index in [9.17, 15) is 0 Å². The Morgan fingerprint density at radius 1 is 1.17 bits per heavy atom. The van der Waals surface area contributed by atoms with Crippen LogP contribution in [0.15, 0.2) is 12.2 Å². The van der Waals surface area contributed by atoms with E-state index in [-0.39, 0.29) is 0 Å². The van der Waals surface area contributed by atoms with E-state index in [0.29, 0.717) is 11.5 Å². The molecule has 12 heavy (non-hydrogen) atoms. The van der Waals surface area contributed by atoms with E-state index in [1.165, 1.54) is 12.8 Å². The first kappa shape index (κ1) is 9.79. The minimum absolute atomic E-state index is 0.364. The molecule has 1 heteroatoms. The van der Waals surface area contributed by atoms with E-state index in [1.807, 2.05) is 0 Å². The van der Waals surface area contributed by atoms with Crippen molar-refractivity contribution in [3.05, 3.63) is 12.2 Å². The van der Waals surface area contributed by atoms with Gasteiger partial charge in [0.05, 0.1) is 6.10 Å². The average molecular weight is 168 g/mol. The zero-order chi connectivity index (χ0) is 9.19. The molecule has 0 fully saturated rings.